The first-order valence-corrected chi connectivity index (χ1v) is 5.93. The molecule has 2 rings (SSSR count). The SMILES string of the molecule is CCC(=O)c1ccc(NC2CC2(C)C)cc1. The van der Waals surface area contributed by atoms with E-state index in [1.54, 1.807) is 0 Å². The summed E-state index contributed by atoms with van der Waals surface area (Å²) in [7, 11) is 0. The lowest BCUT2D eigenvalue weighted by atomic mass is 10.1. The number of rotatable bonds is 4. The predicted molar refractivity (Wildman–Crippen MR) is 66.9 cm³/mol. The summed E-state index contributed by atoms with van der Waals surface area (Å²) in [6, 6.07) is 8.39. The molecule has 1 fully saturated rings. The average Bonchev–Trinajstić information content (AvgIpc) is 2.86. The molecule has 0 radical (unpaired) electrons. The number of anilines is 1. The van der Waals surface area contributed by atoms with Crippen molar-refractivity contribution in [1.29, 1.82) is 0 Å². The summed E-state index contributed by atoms with van der Waals surface area (Å²) in [5, 5.41) is 3.48. The summed E-state index contributed by atoms with van der Waals surface area (Å²) in [4.78, 5) is 11.4. The Morgan fingerprint density at radius 3 is 2.38 bits per heavy atom. The van der Waals surface area contributed by atoms with E-state index in [2.05, 4.69) is 19.2 Å². The van der Waals surface area contributed by atoms with E-state index in [4.69, 9.17) is 0 Å². The molecule has 0 aromatic heterocycles. The van der Waals surface area contributed by atoms with Crippen LogP contribution in [0.2, 0.25) is 0 Å². The number of ketones is 1. The van der Waals surface area contributed by atoms with Gasteiger partial charge in [-0.3, -0.25) is 4.79 Å². The largest absolute Gasteiger partial charge is 0.382 e. The van der Waals surface area contributed by atoms with Gasteiger partial charge in [0.05, 0.1) is 0 Å². The zero-order valence-electron chi connectivity index (χ0n) is 10.2. The highest BCUT2D eigenvalue weighted by atomic mass is 16.1. The second-order valence-electron chi connectivity index (χ2n) is 5.24. The molecule has 1 N–H and O–H groups in total. The van der Waals surface area contributed by atoms with Crippen molar-refractivity contribution < 1.29 is 4.79 Å². The van der Waals surface area contributed by atoms with Gasteiger partial charge in [0.2, 0.25) is 0 Å². The van der Waals surface area contributed by atoms with Crippen LogP contribution in [0.1, 0.15) is 44.0 Å². The van der Waals surface area contributed by atoms with Crippen LogP contribution in [0.25, 0.3) is 0 Å². The minimum absolute atomic E-state index is 0.207. The third-order valence-corrected chi connectivity index (χ3v) is 3.38. The number of benzene rings is 1. The Hall–Kier alpha value is -1.31. The highest BCUT2D eigenvalue weighted by Gasteiger charge is 2.45. The molecule has 2 heteroatoms. The van der Waals surface area contributed by atoms with Crippen LogP contribution in [0.3, 0.4) is 0 Å². The molecule has 0 spiro atoms. The van der Waals surface area contributed by atoms with Gasteiger partial charge in [-0.2, -0.15) is 0 Å². The van der Waals surface area contributed by atoms with E-state index in [0.29, 0.717) is 17.9 Å². The Bertz CT molecular complexity index is 392. The number of nitrogens with one attached hydrogen (secondary N) is 1. The molecule has 2 nitrogen and oxygen atoms in total. The topological polar surface area (TPSA) is 29.1 Å². The molecule has 1 aliphatic carbocycles. The first kappa shape index (κ1) is 11.2. The fourth-order valence-corrected chi connectivity index (χ4v) is 1.87. The first-order chi connectivity index (χ1) is 7.53. The zero-order valence-corrected chi connectivity index (χ0v) is 10.2. The van der Waals surface area contributed by atoms with E-state index in [9.17, 15) is 4.79 Å². The summed E-state index contributed by atoms with van der Waals surface area (Å²) >= 11 is 0. The van der Waals surface area contributed by atoms with Crippen LogP contribution in [0, 0.1) is 5.41 Å². The van der Waals surface area contributed by atoms with E-state index in [1.807, 2.05) is 31.2 Å². The van der Waals surface area contributed by atoms with Crippen LogP contribution in [0.5, 0.6) is 0 Å². The second-order valence-corrected chi connectivity index (χ2v) is 5.24. The standard InChI is InChI=1S/C14H19NO/c1-4-12(16)10-5-7-11(8-6-10)15-13-9-14(13,2)3/h5-8,13,15H,4,9H2,1-3H3. The van der Waals surface area contributed by atoms with Crippen molar-refractivity contribution in [2.24, 2.45) is 5.41 Å². The molecule has 0 heterocycles. The van der Waals surface area contributed by atoms with Crippen molar-refractivity contribution >= 4 is 11.5 Å². The maximum atomic E-state index is 11.4. The van der Waals surface area contributed by atoms with Crippen LogP contribution in [0.4, 0.5) is 5.69 Å². The molecular weight excluding hydrogens is 198 g/mol. The fraction of sp³-hybridized carbons (Fsp3) is 0.500. The molecule has 1 unspecified atom stereocenters. The van der Waals surface area contributed by atoms with Crippen LogP contribution in [-0.4, -0.2) is 11.8 Å². The van der Waals surface area contributed by atoms with Gasteiger partial charge in [-0.15, -0.1) is 0 Å². The third kappa shape index (κ3) is 2.26. The zero-order chi connectivity index (χ0) is 11.8. The van der Waals surface area contributed by atoms with Gasteiger partial charge in [-0.05, 0) is 36.1 Å². The van der Waals surface area contributed by atoms with Gasteiger partial charge in [0.15, 0.2) is 5.78 Å². The number of carbonyl (C=O) groups is 1. The van der Waals surface area contributed by atoms with Crippen molar-refractivity contribution in [3.05, 3.63) is 29.8 Å². The molecule has 0 saturated heterocycles. The highest BCUT2D eigenvalue weighted by Crippen LogP contribution is 2.46. The summed E-state index contributed by atoms with van der Waals surface area (Å²) in [6.45, 7) is 6.42. The van der Waals surface area contributed by atoms with E-state index in [0.717, 1.165) is 11.3 Å². The summed E-state index contributed by atoms with van der Waals surface area (Å²) in [5.74, 6) is 0.207. The lowest BCUT2D eigenvalue weighted by Gasteiger charge is -2.08. The van der Waals surface area contributed by atoms with Gasteiger partial charge < -0.3 is 5.32 Å². The van der Waals surface area contributed by atoms with Crippen LogP contribution in [0.15, 0.2) is 24.3 Å². The van der Waals surface area contributed by atoms with Crippen molar-refractivity contribution in [1.82, 2.24) is 0 Å². The minimum Gasteiger partial charge on any atom is -0.382 e. The van der Waals surface area contributed by atoms with Gasteiger partial charge in [0, 0.05) is 23.7 Å². The quantitative estimate of drug-likeness (QED) is 0.782. The molecule has 1 saturated carbocycles. The van der Waals surface area contributed by atoms with E-state index in [-0.39, 0.29) is 5.78 Å². The Kier molecular flexibility index (Phi) is 2.75. The second kappa shape index (κ2) is 3.93. The number of hydrogen-bond acceptors (Lipinski definition) is 2. The molecule has 0 amide bonds. The fourth-order valence-electron chi connectivity index (χ4n) is 1.87. The average molecular weight is 217 g/mol. The van der Waals surface area contributed by atoms with E-state index in [1.165, 1.54) is 6.42 Å². The van der Waals surface area contributed by atoms with Crippen LogP contribution < -0.4 is 5.32 Å². The van der Waals surface area contributed by atoms with Gasteiger partial charge in [0.25, 0.3) is 0 Å². The molecule has 0 aliphatic heterocycles. The monoisotopic (exact) mass is 217 g/mol. The lowest BCUT2D eigenvalue weighted by Crippen LogP contribution is -2.08. The molecule has 1 atom stereocenters. The summed E-state index contributed by atoms with van der Waals surface area (Å²) in [6.07, 6.45) is 1.80. The lowest BCUT2D eigenvalue weighted by molar-refractivity contribution is 0.0988. The molecule has 0 bridgehead atoms. The van der Waals surface area contributed by atoms with Gasteiger partial charge >= 0.3 is 0 Å². The molecular formula is C14H19NO. The van der Waals surface area contributed by atoms with Crippen LogP contribution >= 0.6 is 0 Å². The van der Waals surface area contributed by atoms with Crippen molar-refractivity contribution in [3.63, 3.8) is 0 Å². The number of carbonyl (C=O) groups excluding carboxylic acids is 1. The highest BCUT2D eigenvalue weighted by molar-refractivity contribution is 5.96. The van der Waals surface area contributed by atoms with Crippen molar-refractivity contribution in [2.45, 2.75) is 39.7 Å². The first-order valence-electron chi connectivity index (χ1n) is 5.93. The normalized spacial score (nSPS) is 21.6. The Labute approximate surface area is 97.1 Å². The molecule has 1 aliphatic rings. The van der Waals surface area contributed by atoms with Crippen LogP contribution in [-0.2, 0) is 0 Å². The van der Waals surface area contributed by atoms with Crippen molar-refractivity contribution in [3.8, 4) is 0 Å². The number of hydrogen-bond donors (Lipinski definition) is 1. The molecule has 1 aromatic carbocycles. The Balaban J connectivity index is 2.00. The number of Topliss-reactive ketones (excluding diaryl/α,β-unsaturated/α-hetero) is 1. The van der Waals surface area contributed by atoms with Gasteiger partial charge in [0.1, 0.15) is 0 Å². The molecule has 1 aromatic rings. The Morgan fingerprint density at radius 1 is 1.38 bits per heavy atom. The predicted octanol–water partition coefficient (Wildman–Crippen LogP) is 3.49. The summed E-state index contributed by atoms with van der Waals surface area (Å²) < 4.78 is 0. The van der Waals surface area contributed by atoms with E-state index >= 15 is 0 Å². The van der Waals surface area contributed by atoms with E-state index < -0.39 is 0 Å². The summed E-state index contributed by atoms with van der Waals surface area (Å²) in [5.41, 5.74) is 2.35. The molecule has 86 valence electrons. The smallest absolute Gasteiger partial charge is 0.162 e. The third-order valence-electron chi connectivity index (χ3n) is 3.38. The van der Waals surface area contributed by atoms with Gasteiger partial charge in [-0.1, -0.05) is 20.8 Å². The van der Waals surface area contributed by atoms with Crippen molar-refractivity contribution in [2.75, 3.05) is 5.32 Å². The Morgan fingerprint density at radius 2 is 1.94 bits per heavy atom. The van der Waals surface area contributed by atoms with Gasteiger partial charge in [-0.25, -0.2) is 0 Å². The maximum absolute atomic E-state index is 11.4. The maximum Gasteiger partial charge on any atom is 0.162 e. The molecule has 16 heavy (non-hydrogen) atoms. The minimum atomic E-state index is 0.207.